The Labute approximate surface area is 167 Å². The van der Waals surface area contributed by atoms with Crippen molar-refractivity contribution in [3.63, 3.8) is 0 Å². The summed E-state index contributed by atoms with van der Waals surface area (Å²) in [6, 6.07) is 22.5. The van der Waals surface area contributed by atoms with Gasteiger partial charge < -0.3 is 4.74 Å². The van der Waals surface area contributed by atoms with Gasteiger partial charge in [-0.15, -0.1) is 0 Å². The third-order valence-corrected chi connectivity index (χ3v) is 4.75. The number of ether oxygens (including phenoxy) is 1. The van der Waals surface area contributed by atoms with Crippen molar-refractivity contribution in [2.45, 2.75) is 0 Å². The molecule has 0 aliphatic rings. The molecule has 0 unspecified atom stereocenters. The summed E-state index contributed by atoms with van der Waals surface area (Å²) < 4.78 is 6.20. The lowest BCUT2D eigenvalue weighted by molar-refractivity contribution is 0.0600. The monoisotopic (exact) mass is 383 g/mol. The summed E-state index contributed by atoms with van der Waals surface area (Å²) in [6.45, 7) is 0. The molecule has 4 rings (SSSR count). The van der Waals surface area contributed by atoms with E-state index in [4.69, 9.17) is 4.74 Å². The molecule has 0 N–H and O–H groups in total. The maximum absolute atomic E-state index is 13.1. The normalized spacial score (nSPS) is 10.7. The Morgan fingerprint density at radius 3 is 2.00 bits per heavy atom. The minimum atomic E-state index is -0.511. The van der Waals surface area contributed by atoms with Crippen molar-refractivity contribution in [1.82, 2.24) is 4.57 Å². The molecule has 0 radical (unpaired) electrons. The van der Waals surface area contributed by atoms with E-state index >= 15 is 0 Å². The van der Waals surface area contributed by atoms with Crippen molar-refractivity contribution < 1.29 is 19.1 Å². The number of nitrogens with zero attached hydrogens (tertiary/aromatic N) is 1. The largest absolute Gasteiger partial charge is 0.465 e. The molecule has 0 bridgehead atoms. The van der Waals surface area contributed by atoms with E-state index in [1.165, 1.54) is 17.9 Å². The van der Waals surface area contributed by atoms with Crippen LogP contribution in [-0.2, 0) is 4.74 Å². The van der Waals surface area contributed by atoms with Crippen LogP contribution in [0, 0.1) is 0 Å². The molecule has 0 saturated carbocycles. The van der Waals surface area contributed by atoms with Crippen LogP contribution in [0.25, 0.3) is 10.9 Å². The summed E-state index contributed by atoms with van der Waals surface area (Å²) >= 11 is 0. The Morgan fingerprint density at radius 1 is 0.759 bits per heavy atom. The summed E-state index contributed by atoms with van der Waals surface area (Å²) in [5.41, 5.74) is 2.18. The zero-order valence-corrected chi connectivity index (χ0v) is 15.7. The van der Waals surface area contributed by atoms with Crippen molar-refractivity contribution >= 4 is 28.6 Å². The summed E-state index contributed by atoms with van der Waals surface area (Å²) in [6.07, 6.45) is 1.54. The van der Waals surface area contributed by atoms with Gasteiger partial charge in [-0.1, -0.05) is 54.6 Å². The van der Waals surface area contributed by atoms with Gasteiger partial charge in [0.05, 0.1) is 18.2 Å². The van der Waals surface area contributed by atoms with E-state index in [0.717, 1.165) is 0 Å². The third kappa shape index (κ3) is 3.34. The predicted molar refractivity (Wildman–Crippen MR) is 109 cm³/mol. The number of rotatable bonds is 4. The second-order valence-corrected chi connectivity index (χ2v) is 6.50. The highest BCUT2D eigenvalue weighted by atomic mass is 16.5. The number of hydrogen-bond donors (Lipinski definition) is 0. The van der Waals surface area contributed by atoms with E-state index in [-0.39, 0.29) is 11.7 Å². The molecular formula is C24H17NO4. The molecule has 142 valence electrons. The number of esters is 1. The molecule has 0 aliphatic heterocycles. The highest BCUT2D eigenvalue weighted by Gasteiger charge is 2.21. The standard InChI is InChI=1S/C24H17NO4/c1-29-24(28)18-12-13-19-20(22(26)16-8-4-2-5-9-16)15-25(21(19)14-18)23(27)17-10-6-3-7-11-17/h2-15H,1H3. The molecule has 3 aromatic carbocycles. The van der Waals surface area contributed by atoms with Gasteiger partial charge in [0.2, 0.25) is 0 Å². The highest BCUT2D eigenvalue weighted by molar-refractivity contribution is 6.18. The van der Waals surface area contributed by atoms with Crippen molar-refractivity contribution in [3.05, 3.63) is 107 Å². The fourth-order valence-electron chi connectivity index (χ4n) is 3.29. The van der Waals surface area contributed by atoms with E-state index in [9.17, 15) is 14.4 Å². The highest BCUT2D eigenvalue weighted by Crippen LogP contribution is 2.26. The van der Waals surface area contributed by atoms with Crippen molar-refractivity contribution in [2.24, 2.45) is 0 Å². The van der Waals surface area contributed by atoms with E-state index in [2.05, 4.69) is 0 Å². The van der Waals surface area contributed by atoms with Gasteiger partial charge in [0.25, 0.3) is 5.91 Å². The molecule has 0 aliphatic carbocycles. The first-order chi connectivity index (χ1) is 14.1. The second kappa shape index (κ2) is 7.56. The van der Waals surface area contributed by atoms with Crippen LogP contribution in [-0.4, -0.2) is 29.3 Å². The van der Waals surface area contributed by atoms with Crippen LogP contribution in [0.3, 0.4) is 0 Å². The van der Waals surface area contributed by atoms with Gasteiger partial charge in [0.15, 0.2) is 5.78 Å². The van der Waals surface area contributed by atoms with Crippen LogP contribution in [0.2, 0.25) is 0 Å². The quantitative estimate of drug-likeness (QED) is 0.388. The molecule has 5 nitrogen and oxygen atoms in total. The van der Waals surface area contributed by atoms with E-state index < -0.39 is 5.97 Å². The first kappa shape index (κ1) is 18.4. The number of hydrogen-bond acceptors (Lipinski definition) is 4. The van der Waals surface area contributed by atoms with Crippen LogP contribution in [0.5, 0.6) is 0 Å². The van der Waals surface area contributed by atoms with Gasteiger partial charge in [-0.2, -0.15) is 0 Å². The molecule has 0 spiro atoms. The third-order valence-electron chi connectivity index (χ3n) is 4.75. The number of fused-ring (bicyclic) bond motifs is 1. The summed E-state index contributed by atoms with van der Waals surface area (Å²) in [5, 5.41) is 0.593. The lowest BCUT2D eigenvalue weighted by Gasteiger charge is -2.05. The number of benzene rings is 3. The zero-order chi connectivity index (χ0) is 20.4. The molecular weight excluding hydrogens is 366 g/mol. The van der Waals surface area contributed by atoms with E-state index in [0.29, 0.717) is 33.2 Å². The average Bonchev–Trinajstić information content (AvgIpc) is 3.17. The Bertz CT molecular complexity index is 1220. The summed E-state index contributed by atoms with van der Waals surface area (Å²) in [4.78, 5) is 38.2. The summed E-state index contributed by atoms with van der Waals surface area (Å²) in [5.74, 6) is -0.992. The predicted octanol–water partition coefficient (Wildman–Crippen LogP) is 4.35. The van der Waals surface area contributed by atoms with Gasteiger partial charge in [-0.3, -0.25) is 14.2 Å². The van der Waals surface area contributed by atoms with Crippen molar-refractivity contribution in [3.8, 4) is 0 Å². The maximum Gasteiger partial charge on any atom is 0.337 e. The Morgan fingerprint density at radius 2 is 1.38 bits per heavy atom. The number of methoxy groups -OCH3 is 1. The van der Waals surface area contributed by atoms with E-state index in [1.807, 2.05) is 12.1 Å². The molecule has 0 saturated heterocycles. The van der Waals surface area contributed by atoms with Crippen molar-refractivity contribution in [2.75, 3.05) is 7.11 Å². The van der Waals surface area contributed by atoms with Crippen LogP contribution >= 0.6 is 0 Å². The number of ketones is 1. The molecule has 0 fully saturated rings. The number of carbonyl (C=O) groups excluding carboxylic acids is 3. The first-order valence-electron chi connectivity index (χ1n) is 9.03. The number of aromatic nitrogens is 1. The first-order valence-corrected chi connectivity index (χ1v) is 9.03. The average molecular weight is 383 g/mol. The molecule has 1 aromatic heterocycles. The minimum absolute atomic E-state index is 0.193. The van der Waals surface area contributed by atoms with Crippen LogP contribution in [0.15, 0.2) is 85.1 Å². The van der Waals surface area contributed by atoms with E-state index in [1.54, 1.807) is 66.7 Å². The minimum Gasteiger partial charge on any atom is -0.465 e. The van der Waals surface area contributed by atoms with Gasteiger partial charge in [-0.05, 0) is 24.3 Å². The maximum atomic E-state index is 13.1. The summed E-state index contributed by atoms with van der Waals surface area (Å²) in [7, 11) is 1.30. The second-order valence-electron chi connectivity index (χ2n) is 6.50. The molecule has 0 atom stereocenters. The fraction of sp³-hybridized carbons (Fsp3) is 0.0417. The number of carbonyl (C=O) groups is 3. The van der Waals surface area contributed by atoms with Gasteiger partial charge in [0.1, 0.15) is 0 Å². The van der Waals surface area contributed by atoms with Crippen LogP contribution < -0.4 is 0 Å². The van der Waals surface area contributed by atoms with Gasteiger partial charge in [0, 0.05) is 28.3 Å². The Balaban J connectivity index is 1.92. The van der Waals surface area contributed by atoms with Crippen molar-refractivity contribution in [1.29, 1.82) is 0 Å². The SMILES string of the molecule is COC(=O)c1ccc2c(C(=O)c3ccccc3)cn(C(=O)c3ccccc3)c2c1. The molecule has 29 heavy (non-hydrogen) atoms. The van der Waals surface area contributed by atoms with Crippen LogP contribution in [0.1, 0.15) is 36.6 Å². The zero-order valence-electron chi connectivity index (χ0n) is 15.7. The lowest BCUT2D eigenvalue weighted by atomic mass is 10.0. The fourth-order valence-corrected chi connectivity index (χ4v) is 3.29. The Hall–Kier alpha value is -3.99. The smallest absolute Gasteiger partial charge is 0.337 e. The lowest BCUT2D eigenvalue weighted by Crippen LogP contribution is -2.11. The van der Waals surface area contributed by atoms with Gasteiger partial charge in [-0.25, -0.2) is 4.79 Å². The molecule has 5 heteroatoms. The Kier molecular flexibility index (Phi) is 4.79. The van der Waals surface area contributed by atoms with Gasteiger partial charge >= 0.3 is 5.97 Å². The molecule has 1 heterocycles. The topological polar surface area (TPSA) is 65.4 Å². The molecule has 4 aromatic rings. The molecule has 0 amide bonds. The van der Waals surface area contributed by atoms with Crippen LogP contribution in [0.4, 0.5) is 0 Å².